The minimum atomic E-state index is -0.806. The molecule has 6 nitrogen and oxygen atoms in total. The first-order valence-corrected chi connectivity index (χ1v) is 16.5. The lowest BCUT2D eigenvalue weighted by Crippen LogP contribution is -2.28. The fourth-order valence-corrected chi connectivity index (χ4v) is 4.45. The average molecular weight is 579 g/mol. The summed E-state index contributed by atoms with van der Waals surface area (Å²) in [6, 6.07) is 0. The van der Waals surface area contributed by atoms with E-state index in [1.165, 1.54) is 38.5 Å². The number of aliphatic hydroxyl groups excluding tert-OH is 2. The van der Waals surface area contributed by atoms with Crippen LogP contribution in [-0.4, -0.2) is 47.6 Å². The molecule has 2 atom stereocenters. The SMILES string of the molecule is CC/C=C/C/C=C/C=C/C(O)CCCCCCCC(=O)O[C@@H](CO)COC(=O)CCCCCCCCCCC(C)C. The zero-order chi connectivity index (χ0) is 30.4. The van der Waals surface area contributed by atoms with Crippen molar-refractivity contribution in [2.75, 3.05) is 13.2 Å². The molecule has 2 N–H and O–H groups in total. The van der Waals surface area contributed by atoms with Crippen molar-refractivity contribution >= 4 is 11.9 Å². The Labute approximate surface area is 251 Å². The molecule has 0 aromatic carbocycles. The fraction of sp³-hybridized carbons (Fsp3) is 0.771. The van der Waals surface area contributed by atoms with Gasteiger partial charge in [-0.1, -0.05) is 134 Å². The molecule has 0 heterocycles. The van der Waals surface area contributed by atoms with E-state index < -0.39 is 12.2 Å². The summed E-state index contributed by atoms with van der Waals surface area (Å²) in [5.41, 5.74) is 0. The number of carbonyl (C=O) groups excluding carboxylic acids is 2. The Morgan fingerprint density at radius 1 is 0.707 bits per heavy atom. The van der Waals surface area contributed by atoms with Crippen LogP contribution in [0.15, 0.2) is 36.5 Å². The number of unbranched alkanes of at least 4 members (excludes halogenated alkanes) is 11. The predicted molar refractivity (Wildman–Crippen MR) is 170 cm³/mol. The van der Waals surface area contributed by atoms with Crippen molar-refractivity contribution in [2.45, 2.75) is 155 Å². The lowest BCUT2D eigenvalue weighted by atomic mass is 10.0. The highest BCUT2D eigenvalue weighted by Crippen LogP contribution is 2.14. The van der Waals surface area contributed by atoms with E-state index >= 15 is 0 Å². The molecule has 0 aromatic heterocycles. The summed E-state index contributed by atoms with van der Waals surface area (Å²) >= 11 is 0. The Morgan fingerprint density at radius 3 is 1.85 bits per heavy atom. The second-order valence-corrected chi connectivity index (χ2v) is 11.5. The maximum atomic E-state index is 12.1. The second kappa shape index (κ2) is 29.6. The number of hydrogen-bond donors (Lipinski definition) is 2. The third kappa shape index (κ3) is 29.4. The van der Waals surface area contributed by atoms with Crippen LogP contribution in [0.3, 0.4) is 0 Å². The quantitative estimate of drug-likeness (QED) is 0.0418. The largest absolute Gasteiger partial charge is 0.462 e. The first-order chi connectivity index (χ1) is 19.9. The van der Waals surface area contributed by atoms with Crippen LogP contribution in [0.5, 0.6) is 0 Å². The maximum absolute atomic E-state index is 12.1. The number of allylic oxidation sites excluding steroid dienone is 5. The number of carbonyl (C=O) groups is 2. The molecule has 0 aliphatic rings. The molecule has 0 radical (unpaired) electrons. The van der Waals surface area contributed by atoms with Crippen LogP contribution in [-0.2, 0) is 19.1 Å². The van der Waals surface area contributed by atoms with E-state index in [9.17, 15) is 19.8 Å². The van der Waals surface area contributed by atoms with Crippen molar-refractivity contribution < 1.29 is 29.3 Å². The van der Waals surface area contributed by atoms with Gasteiger partial charge in [0.2, 0.25) is 0 Å². The topological polar surface area (TPSA) is 93.1 Å². The van der Waals surface area contributed by atoms with Crippen LogP contribution in [0, 0.1) is 5.92 Å². The van der Waals surface area contributed by atoms with E-state index in [-0.39, 0.29) is 31.6 Å². The Kier molecular flexibility index (Phi) is 28.2. The molecule has 0 rings (SSSR count). The van der Waals surface area contributed by atoms with Gasteiger partial charge in [0.15, 0.2) is 6.10 Å². The minimum absolute atomic E-state index is 0.0973. The van der Waals surface area contributed by atoms with Crippen molar-refractivity contribution in [3.63, 3.8) is 0 Å². The molecule has 238 valence electrons. The van der Waals surface area contributed by atoms with Crippen LogP contribution >= 0.6 is 0 Å². The maximum Gasteiger partial charge on any atom is 0.306 e. The molecule has 0 spiro atoms. The van der Waals surface area contributed by atoms with Crippen LogP contribution in [0.1, 0.15) is 143 Å². The second-order valence-electron chi connectivity index (χ2n) is 11.5. The number of rotatable bonds is 28. The first kappa shape index (κ1) is 39.1. The molecule has 0 amide bonds. The monoisotopic (exact) mass is 578 g/mol. The van der Waals surface area contributed by atoms with Gasteiger partial charge in [-0.05, 0) is 38.0 Å². The molecule has 0 saturated carbocycles. The number of aliphatic hydroxyl groups is 2. The zero-order valence-electron chi connectivity index (χ0n) is 26.6. The standard InChI is InChI=1S/C35H62O6/c1-4-5-6-7-10-15-20-25-32(37)26-21-16-13-18-23-28-35(39)41-33(29-36)30-40-34(38)27-22-17-12-9-8-11-14-19-24-31(2)3/h5-6,10,15,20,25,31-33,36-37H,4,7-9,11-14,16-19,21-24,26-30H2,1-3H3/b6-5+,15-10+,25-20+/t32?,33-/m0/s1. The van der Waals surface area contributed by atoms with Crippen LogP contribution in [0.2, 0.25) is 0 Å². The zero-order valence-corrected chi connectivity index (χ0v) is 26.6. The molecule has 0 aliphatic heterocycles. The predicted octanol–water partition coefficient (Wildman–Crippen LogP) is 8.55. The normalized spacial score (nSPS) is 13.5. The van der Waals surface area contributed by atoms with Gasteiger partial charge in [-0.2, -0.15) is 0 Å². The summed E-state index contributed by atoms with van der Waals surface area (Å²) in [6.07, 6.45) is 29.4. The van der Waals surface area contributed by atoms with E-state index in [0.29, 0.717) is 12.8 Å². The van der Waals surface area contributed by atoms with Crippen molar-refractivity contribution in [1.29, 1.82) is 0 Å². The summed E-state index contributed by atoms with van der Waals surface area (Å²) in [7, 11) is 0. The number of ether oxygens (including phenoxy) is 2. The Hall–Kier alpha value is -1.92. The van der Waals surface area contributed by atoms with Gasteiger partial charge in [0, 0.05) is 12.8 Å². The minimum Gasteiger partial charge on any atom is -0.462 e. The van der Waals surface area contributed by atoms with E-state index in [0.717, 1.165) is 70.1 Å². The molecule has 6 heteroatoms. The average Bonchev–Trinajstić information content (AvgIpc) is 2.95. The molecule has 0 saturated heterocycles. The summed E-state index contributed by atoms with van der Waals surface area (Å²) < 4.78 is 10.5. The highest BCUT2D eigenvalue weighted by Gasteiger charge is 2.16. The molecule has 0 aromatic rings. The van der Waals surface area contributed by atoms with Gasteiger partial charge in [-0.15, -0.1) is 0 Å². The highest BCUT2D eigenvalue weighted by atomic mass is 16.6. The Morgan fingerprint density at radius 2 is 1.27 bits per heavy atom. The Balaban J connectivity index is 3.71. The van der Waals surface area contributed by atoms with Crippen molar-refractivity contribution in [2.24, 2.45) is 5.92 Å². The lowest BCUT2D eigenvalue weighted by molar-refractivity contribution is -0.161. The van der Waals surface area contributed by atoms with Crippen molar-refractivity contribution in [3.05, 3.63) is 36.5 Å². The van der Waals surface area contributed by atoms with Crippen molar-refractivity contribution in [1.82, 2.24) is 0 Å². The van der Waals surface area contributed by atoms with E-state index in [1.54, 1.807) is 0 Å². The molecular weight excluding hydrogens is 516 g/mol. The molecular formula is C35H62O6. The lowest BCUT2D eigenvalue weighted by Gasteiger charge is -2.15. The smallest absolute Gasteiger partial charge is 0.306 e. The van der Waals surface area contributed by atoms with Gasteiger partial charge in [-0.3, -0.25) is 9.59 Å². The molecule has 41 heavy (non-hydrogen) atoms. The van der Waals surface area contributed by atoms with E-state index in [1.807, 2.05) is 18.2 Å². The van der Waals surface area contributed by atoms with E-state index in [4.69, 9.17) is 9.47 Å². The molecule has 0 bridgehead atoms. The fourth-order valence-electron chi connectivity index (χ4n) is 4.45. The summed E-state index contributed by atoms with van der Waals surface area (Å²) in [4.78, 5) is 24.1. The van der Waals surface area contributed by atoms with Crippen LogP contribution < -0.4 is 0 Å². The summed E-state index contributed by atoms with van der Waals surface area (Å²) in [5, 5.41) is 19.5. The van der Waals surface area contributed by atoms with Crippen molar-refractivity contribution in [3.8, 4) is 0 Å². The summed E-state index contributed by atoms with van der Waals surface area (Å²) in [6.45, 7) is 6.20. The third-order valence-electron chi connectivity index (χ3n) is 6.98. The molecule has 0 fully saturated rings. The van der Waals surface area contributed by atoms with Gasteiger partial charge >= 0.3 is 11.9 Å². The first-order valence-electron chi connectivity index (χ1n) is 16.5. The van der Waals surface area contributed by atoms with Gasteiger partial charge in [0.25, 0.3) is 0 Å². The van der Waals surface area contributed by atoms with Gasteiger partial charge in [0.1, 0.15) is 6.61 Å². The Bertz CT molecular complexity index is 697. The van der Waals surface area contributed by atoms with Gasteiger partial charge in [0.05, 0.1) is 12.7 Å². The van der Waals surface area contributed by atoms with Crippen LogP contribution in [0.4, 0.5) is 0 Å². The number of hydrogen-bond acceptors (Lipinski definition) is 6. The van der Waals surface area contributed by atoms with E-state index in [2.05, 4.69) is 39.0 Å². The number of esters is 2. The van der Waals surface area contributed by atoms with Crippen LogP contribution in [0.25, 0.3) is 0 Å². The van der Waals surface area contributed by atoms with Gasteiger partial charge < -0.3 is 19.7 Å². The highest BCUT2D eigenvalue weighted by molar-refractivity contribution is 5.70. The molecule has 0 aliphatic carbocycles. The molecule has 1 unspecified atom stereocenters. The summed E-state index contributed by atoms with van der Waals surface area (Å²) in [5.74, 6) is 0.125. The van der Waals surface area contributed by atoms with Gasteiger partial charge in [-0.25, -0.2) is 0 Å². The third-order valence-corrected chi connectivity index (χ3v) is 6.98.